The number of hydrogen-bond acceptors (Lipinski definition) is 6. The number of furan rings is 1. The molecule has 2 aromatic carbocycles. The van der Waals surface area contributed by atoms with Gasteiger partial charge in [0, 0.05) is 29.1 Å². The molecule has 0 aliphatic heterocycles. The van der Waals surface area contributed by atoms with E-state index in [2.05, 4.69) is 15.3 Å². The number of ether oxygens (including phenoxy) is 1. The highest BCUT2D eigenvalue weighted by atomic mass is 35.5. The number of carbonyl (C=O) groups is 1. The lowest BCUT2D eigenvalue weighted by atomic mass is 10.1. The van der Waals surface area contributed by atoms with Gasteiger partial charge in [0.15, 0.2) is 0 Å². The summed E-state index contributed by atoms with van der Waals surface area (Å²) in [6.45, 7) is 6.76. The minimum Gasteiger partial charge on any atom is -0.493 e. The fourth-order valence-corrected chi connectivity index (χ4v) is 4.09. The van der Waals surface area contributed by atoms with Crippen LogP contribution in [0.25, 0.3) is 22.2 Å². The number of nitrogens with zero attached hydrogens (tertiary/aromatic N) is 2. The molecule has 0 amide bonds. The first kappa shape index (κ1) is 22.6. The molecular weight excluding hydrogens is 442 g/mol. The molecule has 0 unspecified atom stereocenters. The van der Waals surface area contributed by atoms with Gasteiger partial charge in [-0.1, -0.05) is 23.7 Å². The Labute approximate surface area is 196 Å². The van der Waals surface area contributed by atoms with Crippen LogP contribution >= 0.6 is 11.6 Å². The van der Waals surface area contributed by atoms with E-state index in [1.165, 1.54) is 12.4 Å². The third-order valence-corrected chi connectivity index (χ3v) is 5.76. The van der Waals surface area contributed by atoms with Gasteiger partial charge in [-0.25, -0.2) is 14.8 Å². The molecule has 170 valence electrons. The molecule has 8 heteroatoms. The Morgan fingerprint density at radius 3 is 2.76 bits per heavy atom. The predicted octanol–water partition coefficient (Wildman–Crippen LogP) is 5.91. The zero-order chi connectivity index (χ0) is 23.5. The van der Waals surface area contributed by atoms with Crippen molar-refractivity contribution in [3.05, 3.63) is 70.2 Å². The number of hydrogen-bond donors (Lipinski definition) is 2. The molecule has 0 atom stereocenters. The normalized spacial score (nSPS) is 11.0. The second kappa shape index (κ2) is 9.50. The summed E-state index contributed by atoms with van der Waals surface area (Å²) >= 11 is 6.45. The Kier molecular flexibility index (Phi) is 6.51. The van der Waals surface area contributed by atoms with Gasteiger partial charge in [-0.3, -0.25) is 0 Å². The highest BCUT2D eigenvalue weighted by molar-refractivity contribution is 6.35. The van der Waals surface area contributed by atoms with Crippen molar-refractivity contribution in [3.63, 3.8) is 0 Å². The van der Waals surface area contributed by atoms with Crippen molar-refractivity contribution in [1.29, 1.82) is 0 Å². The predicted molar refractivity (Wildman–Crippen MR) is 128 cm³/mol. The monoisotopic (exact) mass is 465 g/mol. The first-order chi connectivity index (χ1) is 15.9. The molecule has 0 spiro atoms. The molecule has 0 fully saturated rings. The summed E-state index contributed by atoms with van der Waals surface area (Å²) in [5.74, 6) is 0.791. The van der Waals surface area contributed by atoms with Crippen LogP contribution in [0.4, 0.5) is 5.82 Å². The van der Waals surface area contributed by atoms with Gasteiger partial charge in [-0.2, -0.15) is 0 Å². The summed E-state index contributed by atoms with van der Waals surface area (Å²) in [5, 5.41) is 14.3. The van der Waals surface area contributed by atoms with E-state index in [1.54, 1.807) is 12.1 Å². The standard InChI is InChI=1S/C25H24ClN3O4/c1-4-32-21-11-16(6-7-18(21)25(30)31)20-12-22(29-13-28-20)27-10-9-17-15(3)33-24-14(2)5-8-19(26)23(17)24/h5-8,11-13H,4,9-10H2,1-3H3,(H,30,31)(H,27,28,29). The van der Waals surface area contributed by atoms with Gasteiger partial charge in [-0.15, -0.1) is 0 Å². The zero-order valence-electron chi connectivity index (χ0n) is 18.6. The molecule has 4 rings (SSSR count). The summed E-state index contributed by atoms with van der Waals surface area (Å²) in [6, 6.07) is 10.6. The van der Waals surface area contributed by atoms with Crippen LogP contribution in [0, 0.1) is 13.8 Å². The highest BCUT2D eigenvalue weighted by Gasteiger charge is 2.16. The number of rotatable bonds is 8. The molecular formula is C25H24ClN3O4. The Bertz CT molecular complexity index is 1330. The Hall–Kier alpha value is -3.58. The number of carboxylic acid groups (broad SMARTS) is 1. The smallest absolute Gasteiger partial charge is 0.339 e. The van der Waals surface area contributed by atoms with Gasteiger partial charge in [0.05, 0.1) is 17.3 Å². The largest absolute Gasteiger partial charge is 0.493 e. The van der Waals surface area contributed by atoms with E-state index >= 15 is 0 Å². The van der Waals surface area contributed by atoms with Crippen LogP contribution in [0.15, 0.2) is 47.1 Å². The minimum atomic E-state index is -1.03. The number of aromatic carboxylic acids is 1. The van der Waals surface area contributed by atoms with E-state index in [4.69, 9.17) is 20.8 Å². The van der Waals surface area contributed by atoms with Gasteiger partial charge in [-0.05, 0) is 51.0 Å². The van der Waals surface area contributed by atoms with E-state index in [-0.39, 0.29) is 5.56 Å². The molecule has 7 nitrogen and oxygen atoms in total. The number of carboxylic acids is 1. The van der Waals surface area contributed by atoms with Crippen molar-refractivity contribution in [3.8, 4) is 17.0 Å². The first-order valence-electron chi connectivity index (χ1n) is 10.6. The van der Waals surface area contributed by atoms with Crippen molar-refractivity contribution in [2.75, 3.05) is 18.5 Å². The molecule has 0 saturated heterocycles. The van der Waals surface area contributed by atoms with Crippen molar-refractivity contribution < 1.29 is 19.1 Å². The SMILES string of the molecule is CCOc1cc(-c2cc(NCCc3c(C)oc4c(C)ccc(Cl)c34)ncn2)ccc1C(=O)O. The second-order valence-electron chi connectivity index (χ2n) is 7.62. The number of fused-ring (bicyclic) bond motifs is 1. The third-order valence-electron chi connectivity index (χ3n) is 5.44. The maximum absolute atomic E-state index is 11.4. The van der Waals surface area contributed by atoms with E-state index in [0.29, 0.717) is 41.9 Å². The Morgan fingerprint density at radius 1 is 1.18 bits per heavy atom. The molecule has 33 heavy (non-hydrogen) atoms. The quantitative estimate of drug-likeness (QED) is 0.333. The van der Waals surface area contributed by atoms with Crippen LogP contribution in [0.5, 0.6) is 5.75 Å². The number of anilines is 1. The minimum absolute atomic E-state index is 0.115. The van der Waals surface area contributed by atoms with E-state index in [9.17, 15) is 9.90 Å². The molecule has 0 radical (unpaired) electrons. The maximum Gasteiger partial charge on any atom is 0.339 e. The van der Waals surface area contributed by atoms with Crippen molar-refractivity contribution in [1.82, 2.24) is 9.97 Å². The zero-order valence-corrected chi connectivity index (χ0v) is 19.4. The molecule has 2 heterocycles. The molecule has 0 aliphatic rings. The van der Waals surface area contributed by atoms with Crippen LogP contribution in [0.3, 0.4) is 0 Å². The number of halogens is 1. The lowest BCUT2D eigenvalue weighted by molar-refractivity contribution is 0.0692. The summed E-state index contributed by atoms with van der Waals surface area (Å²) in [4.78, 5) is 20.1. The molecule has 4 aromatic rings. The fraction of sp³-hybridized carbons (Fsp3) is 0.240. The van der Waals surface area contributed by atoms with Crippen LogP contribution < -0.4 is 10.1 Å². The number of nitrogens with one attached hydrogen (secondary N) is 1. The van der Waals surface area contributed by atoms with Crippen molar-refractivity contribution in [2.24, 2.45) is 0 Å². The summed E-state index contributed by atoms with van der Waals surface area (Å²) in [5.41, 5.74) is 4.48. The molecule has 0 saturated carbocycles. The number of aryl methyl sites for hydroxylation is 2. The van der Waals surface area contributed by atoms with Crippen LogP contribution in [0.2, 0.25) is 5.02 Å². The van der Waals surface area contributed by atoms with E-state index in [0.717, 1.165) is 33.4 Å². The van der Waals surface area contributed by atoms with Gasteiger partial charge >= 0.3 is 5.97 Å². The Morgan fingerprint density at radius 2 is 2.00 bits per heavy atom. The number of aromatic nitrogens is 2. The Balaban J connectivity index is 1.53. The van der Waals surface area contributed by atoms with E-state index < -0.39 is 5.97 Å². The fourth-order valence-electron chi connectivity index (χ4n) is 3.83. The van der Waals surface area contributed by atoms with Crippen molar-refractivity contribution in [2.45, 2.75) is 27.2 Å². The van der Waals surface area contributed by atoms with Gasteiger partial charge < -0.3 is 19.6 Å². The third kappa shape index (κ3) is 4.64. The second-order valence-corrected chi connectivity index (χ2v) is 8.03. The van der Waals surface area contributed by atoms with E-state index in [1.807, 2.05) is 39.0 Å². The van der Waals surface area contributed by atoms with Crippen LogP contribution in [0.1, 0.15) is 34.2 Å². The average Bonchev–Trinajstić information content (AvgIpc) is 3.14. The summed E-state index contributed by atoms with van der Waals surface area (Å²) < 4.78 is 11.5. The molecule has 2 N–H and O–H groups in total. The van der Waals surface area contributed by atoms with Gasteiger partial charge in [0.2, 0.25) is 0 Å². The summed E-state index contributed by atoms with van der Waals surface area (Å²) in [6.07, 6.45) is 2.19. The maximum atomic E-state index is 11.4. The molecule has 0 aliphatic carbocycles. The number of benzene rings is 2. The summed E-state index contributed by atoms with van der Waals surface area (Å²) in [7, 11) is 0. The van der Waals surface area contributed by atoms with Gasteiger partial charge in [0.25, 0.3) is 0 Å². The first-order valence-corrected chi connectivity index (χ1v) is 11.0. The molecule has 2 aromatic heterocycles. The topological polar surface area (TPSA) is 97.5 Å². The van der Waals surface area contributed by atoms with Crippen molar-refractivity contribution >= 4 is 34.4 Å². The highest BCUT2D eigenvalue weighted by Crippen LogP contribution is 2.34. The molecule has 0 bridgehead atoms. The van der Waals surface area contributed by atoms with Crippen LogP contribution in [-0.4, -0.2) is 34.2 Å². The lowest BCUT2D eigenvalue weighted by Crippen LogP contribution is -2.07. The average molecular weight is 466 g/mol. The van der Waals surface area contributed by atoms with Gasteiger partial charge in [0.1, 0.15) is 34.8 Å². The van der Waals surface area contributed by atoms with Crippen LogP contribution in [-0.2, 0) is 6.42 Å². The lowest BCUT2D eigenvalue weighted by Gasteiger charge is -2.11.